The molecule has 0 aromatic rings. The number of esters is 1. The van der Waals surface area contributed by atoms with Crippen LogP contribution < -0.4 is 0 Å². The molecule has 0 radical (unpaired) electrons. The van der Waals surface area contributed by atoms with Crippen molar-refractivity contribution in [2.75, 3.05) is 39.3 Å². The molecule has 2 saturated carbocycles. The number of ether oxygens (including phenoxy) is 1. The van der Waals surface area contributed by atoms with Gasteiger partial charge in [0, 0.05) is 58.5 Å². The molecule has 0 amide bonds. The van der Waals surface area contributed by atoms with Crippen LogP contribution in [0, 0.1) is 29.6 Å². The van der Waals surface area contributed by atoms with Gasteiger partial charge in [-0.15, -0.1) is 0 Å². The Labute approximate surface area is 201 Å². The molecule has 0 unspecified atom stereocenters. The second-order valence-corrected chi connectivity index (χ2v) is 12.0. The molecule has 6 atom stereocenters. The van der Waals surface area contributed by atoms with E-state index in [1.54, 1.807) is 0 Å². The second-order valence-electron chi connectivity index (χ2n) is 12.0. The number of hydrogen-bond acceptors (Lipinski definition) is 5. The van der Waals surface area contributed by atoms with Crippen molar-refractivity contribution in [1.82, 2.24) is 9.80 Å². The summed E-state index contributed by atoms with van der Waals surface area (Å²) in [6.45, 7) is 15.3. The van der Waals surface area contributed by atoms with Crippen LogP contribution in [-0.2, 0) is 9.53 Å². The molecule has 0 aromatic carbocycles. The number of fused-ring (bicyclic) bond motifs is 1. The fourth-order valence-electron chi connectivity index (χ4n) is 7.43. The summed E-state index contributed by atoms with van der Waals surface area (Å²) in [5, 5.41) is 11.8. The Bertz CT molecular complexity index is 695. The maximum Gasteiger partial charge on any atom is 0.303 e. The molecule has 3 aliphatic carbocycles. The van der Waals surface area contributed by atoms with E-state index >= 15 is 0 Å². The van der Waals surface area contributed by atoms with Gasteiger partial charge >= 0.3 is 5.97 Å². The van der Waals surface area contributed by atoms with Crippen molar-refractivity contribution in [1.29, 1.82) is 0 Å². The van der Waals surface area contributed by atoms with Crippen LogP contribution in [-0.4, -0.2) is 71.8 Å². The fraction of sp³-hybridized carbons (Fsp3) is 0.893. The maximum absolute atomic E-state index is 11.8. The lowest BCUT2D eigenvalue weighted by Gasteiger charge is -2.53. The van der Waals surface area contributed by atoms with Crippen molar-refractivity contribution >= 4 is 5.97 Å². The summed E-state index contributed by atoms with van der Waals surface area (Å²) in [5.74, 6) is 2.11. The molecule has 5 heteroatoms. The molecular weight excluding hydrogens is 412 g/mol. The highest BCUT2D eigenvalue weighted by molar-refractivity contribution is 5.66. The number of carbonyl (C=O) groups is 1. The second kappa shape index (κ2) is 10.8. The Balaban J connectivity index is 1.34. The van der Waals surface area contributed by atoms with Crippen molar-refractivity contribution < 1.29 is 14.6 Å². The maximum atomic E-state index is 11.8. The molecule has 4 rings (SSSR count). The lowest BCUT2D eigenvalue weighted by atomic mass is 9.57. The van der Waals surface area contributed by atoms with E-state index in [9.17, 15) is 9.90 Å². The van der Waals surface area contributed by atoms with Crippen LogP contribution in [0.3, 0.4) is 0 Å². The average Bonchev–Trinajstić information content (AvgIpc) is 2.78. The summed E-state index contributed by atoms with van der Waals surface area (Å²) in [5.41, 5.74) is 0.345. The third kappa shape index (κ3) is 5.85. The summed E-state index contributed by atoms with van der Waals surface area (Å²) in [6, 6.07) is 0. The average molecular weight is 461 g/mol. The number of nitrogens with zero attached hydrogens (tertiary/aromatic N) is 2. The molecule has 5 nitrogen and oxygen atoms in total. The van der Waals surface area contributed by atoms with Crippen molar-refractivity contribution in [3.05, 3.63) is 11.6 Å². The zero-order valence-electron chi connectivity index (χ0n) is 21.6. The first-order chi connectivity index (χ1) is 15.8. The molecule has 1 N–H and O–H groups in total. The van der Waals surface area contributed by atoms with Crippen LogP contribution in [0.2, 0.25) is 0 Å². The number of rotatable bonds is 6. The van der Waals surface area contributed by atoms with Crippen LogP contribution in [0.25, 0.3) is 0 Å². The van der Waals surface area contributed by atoms with E-state index in [4.69, 9.17) is 4.74 Å². The van der Waals surface area contributed by atoms with Gasteiger partial charge in [0.15, 0.2) is 0 Å². The zero-order chi connectivity index (χ0) is 23.6. The van der Waals surface area contributed by atoms with Crippen molar-refractivity contribution in [3.63, 3.8) is 0 Å². The number of piperazine rings is 1. The van der Waals surface area contributed by atoms with Gasteiger partial charge in [0.1, 0.15) is 6.10 Å². The molecule has 1 saturated heterocycles. The molecule has 1 aliphatic heterocycles. The first-order valence-electron chi connectivity index (χ1n) is 13.8. The SMILES string of the molecule is CC(=O)O[C@@H]1C[C@@]2(O)[C@H](C)CC[C@@H]([C@H](C)CN3CCN(CC4CCCCC4)CC3)[C@H]2C=C1C. The third-order valence-corrected chi connectivity index (χ3v) is 9.58. The predicted octanol–water partition coefficient (Wildman–Crippen LogP) is 4.50. The Morgan fingerprint density at radius 1 is 1.12 bits per heavy atom. The summed E-state index contributed by atoms with van der Waals surface area (Å²) >= 11 is 0. The normalized spacial score (nSPS) is 37.8. The highest BCUT2D eigenvalue weighted by atomic mass is 16.5. The summed E-state index contributed by atoms with van der Waals surface area (Å²) in [6.07, 6.45) is 11.9. The number of aliphatic hydroxyl groups is 1. The molecule has 0 aromatic heterocycles. The molecule has 3 fully saturated rings. The van der Waals surface area contributed by atoms with E-state index < -0.39 is 5.60 Å². The first-order valence-corrected chi connectivity index (χ1v) is 13.8. The predicted molar refractivity (Wildman–Crippen MR) is 133 cm³/mol. The topological polar surface area (TPSA) is 53.0 Å². The smallest absolute Gasteiger partial charge is 0.303 e. The minimum Gasteiger partial charge on any atom is -0.458 e. The van der Waals surface area contributed by atoms with Crippen LogP contribution in [0.5, 0.6) is 0 Å². The van der Waals surface area contributed by atoms with Crippen LogP contribution in [0.1, 0.15) is 79.1 Å². The fourth-order valence-corrected chi connectivity index (χ4v) is 7.43. The lowest BCUT2D eigenvalue weighted by molar-refractivity contribution is -0.159. The van der Waals surface area contributed by atoms with Gasteiger partial charge in [-0.3, -0.25) is 4.79 Å². The van der Waals surface area contributed by atoms with Crippen LogP contribution in [0.4, 0.5) is 0 Å². The van der Waals surface area contributed by atoms with Crippen LogP contribution in [0.15, 0.2) is 11.6 Å². The van der Waals surface area contributed by atoms with Crippen molar-refractivity contribution in [3.8, 4) is 0 Å². The quantitative estimate of drug-likeness (QED) is 0.467. The van der Waals surface area contributed by atoms with E-state index in [0.29, 0.717) is 18.3 Å². The van der Waals surface area contributed by atoms with E-state index in [2.05, 4.69) is 36.6 Å². The van der Waals surface area contributed by atoms with E-state index in [1.807, 2.05) is 0 Å². The van der Waals surface area contributed by atoms with Gasteiger partial charge < -0.3 is 19.6 Å². The van der Waals surface area contributed by atoms with Gasteiger partial charge in [0.2, 0.25) is 0 Å². The van der Waals surface area contributed by atoms with Crippen molar-refractivity contribution in [2.24, 2.45) is 29.6 Å². The van der Waals surface area contributed by atoms with Gasteiger partial charge in [-0.1, -0.05) is 39.2 Å². The largest absolute Gasteiger partial charge is 0.458 e. The van der Waals surface area contributed by atoms with Crippen molar-refractivity contribution in [2.45, 2.75) is 90.8 Å². The van der Waals surface area contributed by atoms with Gasteiger partial charge in [0.25, 0.3) is 0 Å². The summed E-state index contributed by atoms with van der Waals surface area (Å²) in [4.78, 5) is 17.0. The van der Waals surface area contributed by atoms with E-state index in [0.717, 1.165) is 24.5 Å². The minimum absolute atomic E-state index is 0.163. The number of carbonyl (C=O) groups excluding carboxylic acids is 1. The lowest BCUT2D eigenvalue weighted by Crippen LogP contribution is -2.56. The van der Waals surface area contributed by atoms with Gasteiger partial charge in [0.05, 0.1) is 5.60 Å². The van der Waals surface area contributed by atoms with Gasteiger partial charge in [-0.05, 0) is 61.9 Å². The molecule has 0 bridgehead atoms. The van der Waals surface area contributed by atoms with Gasteiger partial charge in [-0.2, -0.15) is 0 Å². The molecule has 33 heavy (non-hydrogen) atoms. The summed E-state index contributed by atoms with van der Waals surface area (Å²) < 4.78 is 5.57. The minimum atomic E-state index is -0.768. The first kappa shape index (κ1) is 25.2. The van der Waals surface area contributed by atoms with Crippen LogP contribution >= 0.6 is 0 Å². The standard InChI is InChI=1S/C28H48N2O3/c1-20-16-26-25(11-10-22(3)28(26,32)17-27(20)33-23(4)31)21(2)18-29-12-14-30(15-13-29)19-24-8-6-5-7-9-24/h16,21-22,24-27,32H,5-15,17-19H2,1-4H3/t21-,22-,25+,26-,27-,28-/m1/s1. The molecule has 1 heterocycles. The van der Waals surface area contributed by atoms with E-state index in [-0.39, 0.29) is 23.9 Å². The van der Waals surface area contributed by atoms with E-state index in [1.165, 1.54) is 78.2 Å². The number of hydrogen-bond donors (Lipinski definition) is 1. The summed E-state index contributed by atoms with van der Waals surface area (Å²) in [7, 11) is 0. The Morgan fingerprint density at radius 2 is 1.79 bits per heavy atom. The molecular formula is C28H48N2O3. The molecule has 0 spiro atoms. The Morgan fingerprint density at radius 3 is 2.45 bits per heavy atom. The van der Waals surface area contributed by atoms with Gasteiger partial charge in [-0.25, -0.2) is 0 Å². The molecule has 4 aliphatic rings. The highest BCUT2D eigenvalue weighted by Crippen LogP contribution is 2.51. The highest BCUT2D eigenvalue weighted by Gasteiger charge is 2.52. The third-order valence-electron chi connectivity index (χ3n) is 9.58. The Kier molecular flexibility index (Phi) is 8.23. The monoisotopic (exact) mass is 460 g/mol. The Hall–Kier alpha value is -0.910. The molecule has 188 valence electrons. The zero-order valence-corrected chi connectivity index (χ0v) is 21.6.